The quantitative estimate of drug-likeness (QED) is 0.741. The van der Waals surface area contributed by atoms with Gasteiger partial charge in [-0.1, -0.05) is 29.8 Å². The molecular formula is C19H20FNO3S. The topological polar surface area (TPSA) is 66.4 Å². The second kappa shape index (κ2) is 8.67. The number of aliphatic carboxylic acids is 1. The molecule has 0 aliphatic rings. The van der Waals surface area contributed by atoms with Crippen LogP contribution in [-0.2, 0) is 9.59 Å². The van der Waals surface area contributed by atoms with Crippen LogP contribution in [0.15, 0.2) is 47.4 Å². The molecule has 132 valence electrons. The van der Waals surface area contributed by atoms with E-state index in [1.54, 1.807) is 0 Å². The molecule has 0 saturated heterocycles. The first kappa shape index (κ1) is 19.0. The van der Waals surface area contributed by atoms with Crippen molar-refractivity contribution in [2.24, 2.45) is 0 Å². The summed E-state index contributed by atoms with van der Waals surface area (Å²) in [6, 6.07) is 11.3. The smallest absolute Gasteiger partial charge is 0.312 e. The lowest BCUT2D eigenvalue weighted by Gasteiger charge is -2.14. The van der Waals surface area contributed by atoms with Crippen LogP contribution in [0.4, 0.5) is 4.39 Å². The summed E-state index contributed by atoms with van der Waals surface area (Å²) in [6.45, 7) is 3.94. The number of hydrogen-bond acceptors (Lipinski definition) is 3. The Morgan fingerprint density at radius 1 is 1.16 bits per heavy atom. The molecule has 0 fully saturated rings. The van der Waals surface area contributed by atoms with Crippen molar-refractivity contribution in [1.82, 2.24) is 5.32 Å². The van der Waals surface area contributed by atoms with Gasteiger partial charge in [-0.3, -0.25) is 9.59 Å². The average molecular weight is 361 g/mol. The summed E-state index contributed by atoms with van der Waals surface area (Å²) in [6.07, 6.45) is 0. The van der Waals surface area contributed by atoms with Gasteiger partial charge in [-0.15, -0.1) is 11.8 Å². The Balaban J connectivity index is 1.92. The third kappa shape index (κ3) is 5.60. The highest BCUT2D eigenvalue weighted by atomic mass is 32.2. The van der Waals surface area contributed by atoms with Gasteiger partial charge in [-0.2, -0.15) is 0 Å². The Bertz CT molecular complexity index is 762. The normalized spacial score (nSPS) is 11.8. The van der Waals surface area contributed by atoms with Gasteiger partial charge in [0.05, 0.1) is 11.7 Å². The number of hydrogen-bond donors (Lipinski definition) is 2. The average Bonchev–Trinajstić information content (AvgIpc) is 2.57. The van der Waals surface area contributed by atoms with Gasteiger partial charge in [-0.05, 0) is 43.2 Å². The van der Waals surface area contributed by atoms with E-state index < -0.39 is 17.7 Å². The minimum Gasteiger partial charge on any atom is -0.481 e. The zero-order chi connectivity index (χ0) is 18.4. The lowest BCUT2D eigenvalue weighted by Crippen LogP contribution is -2.32. The summed E-state index contributed by atoms with van der Waals surface area (Å²) in [7, 11) is 0. The third-order valence-corrected chi connectivity index (χ3v) is 4.93. The molecule has 0 radical (unpaired) electrons. The molecule has 0 spiro atoms. The maximum Gasteiger partial charge on any atom is 0.312 e. The number of carboxylic acid groups (broad SMARTS) is 1. The first-order chi connectivity index (χ1) is 11.9. The second-order valence-corrected chi connectivity index (χ2v) is 6.82. The van der Waals surface area contributed by atoms with Gasteiger partial charge in [0.1, 0.15) is 5.82 Å². The Morgan fingerprint density at radius 2 is 1.84 bits per heavy atom. The van der Waals surface area contributed by atoms with Gasteiger partial charge in [0.2, 0.25) is 5.91 Å². The van der Waals surface area contributed by atoms with Crippen LogP contribution >= 0.6 is 11.8 Å². The molecule has 1 atom stereocenters. The number of aryl methyl sites for hydroxylation is 2. The van der Waals surface area contributed by atoms with Gasteiger partial charge in [0.15, 0.2) is 0 Å². The van der Waals surface area contributed by atoms with Crippen LogP contribution in [0.5, 0.6) is 0 Å². The number of carboxylic acids is 1. The van der Waals surface area contributed by atoms with Crippen LogP contribution in [0, 0.1) is 19.7 Å². The van der Waals surface area contributed by atoms with Crippen molar-refractivity contribution in [2.45, 2.75) is 24.7 Å². The van der Waals surface area contributed by atoms with Crippen LogP contribution in [0.2, 0.25) is 0 Å². The van der Waals surface area contributed by atoms with Gasteiger partial charge >= 0.3 is 5.97 Å². The van der Waals surface area contributed by atoms with Crippen molar-refractivity contribution in [3.63, 3.8) is 0 Å². The fourth-order valence-corrected chi connectivity index (χ4v) is 3.27. The van der Waals surface area contributed by atoms with E-state index >= 15 is 0 Å². The first-order valence-corrected chi connectivity index (χ1v) is 8.80. The second-order valence-electron chi connectivity index (χ2n) is 5.80. The lowest BCUT2D eigenvalue weighted by atomic mass is 9.99. The number of thioether (sulfide) groups is 1. The van der Waals surface area contributed by atoms with Gasteiger partial charge in [0, 0.05) is 11.4 Å². The van der Waals surface area contributed by atoms with Crippen molar-refractivity contribution in [2.75, 3.05) is 12.3 Å². The molecule has 0 aromatic heterocycles. The van der Waals surface area contributed by atoms with E-state index in [0.29, 0.717) is 5.56 Å². The van der Waals surface area contributed by atoms with E-state index in [2.05, 4.69) is 5.32 Å². The lowest BCUT2D eigenvalue weighted by molar-refractivity contribution is -0.138. The summed E-state index contributed by atoms with van der Waals surface area (Å²) >= 11 is 1.42. The predicted octanol–water partition coefficient (Wildman–Crippen LogP) is 3.52. The van der Waals surface area contributed by atoms with Crippen LogP contribution < -0.4 is 5.32 Å². The molecule has 2 aromatic rings. The van der Waals surface area contributed by atoms with Crippen molar-refractivity contribution in [3.8, 4) is 0 Å². The van der Waals surface area contributed by atoms with Gasteiger partial charge in [0.25, 0.3) is 0 Å². The van der Waals surface area contributed by atoms with Gasteiger partial charge in [-0.25, -0.2) is 4.39 Å². The Hall–Kier alpha value is -2.34. The van der Waals surface area contributed by atoms with Crippen LogP contribution in [0.25, 0.3) is 0 Å². The van der Waals surface area contributed by atoms with Crippen LogP contribution in [0.1, 0.15) is 22.6 Å². The third-order valence-electron chi connectivity index (χ3n) is 3.78. The summed E-state index contributed by atoms with van der Waals surface area (Å²) in [4.78, 5) is 24.5. The molecule has 25 heavy (non-hydrogen) atoms. The van der Waals surface area contributed by atoms with E-state index in [9.17, 15) is 19.1 Å². The number of carbonyl (C=O) groups is 2. The summed E-state index contributed by atoms with van der Waals surface area (Å²) in [5.41, 5.74) is 2.67. The monoisotopic (exact) mass is 361 g/mol. The van der Waals surface area contributed by atoms with E-state index in [-0.39, 0.29) is 18.2 Å². The standard InChI is InChI=1S/C19H20FNO3S/c1-12-3-4-13(2)17(9-12)25-11-18(22)21-10-16(19(23)24)14-5-7-15(20)8-6-14/h3-9,16H,10-11H2,1-2H3,(H,21,22)(H,23,24). The highest BCUT2D eigenvalue weighted by Crippen LogP contribution is 2.23. The molecule has 1 unspecified atom stereocenters. The van der Waals surface area contributed by atoms with E-state index in [4.69, 9.17) is 0 Å². The highest BCUT2D eigenvalue weighted by molar-refractivity contribution is 8.00. The summed E-state index contributed by atoms with van der Waals surface area (Å²) in [5, 5.41) is 12.0. The molecule has 6 heteroatoms. The Kier molecular flexibility index (Phi) is 6.58. The van der Waals surface area contributed by atoms with Crippen molar-refractivity contribution in [1.29, 1.82) is 0 Å². The minimum absolute atomic E-state index is 0.0346. The highest BCUT2D eigenvalue weighted by Gasteiger charge is 2.20. The fourth-order valence-electron chi connectivity index (χ4n) is 2.32. The molecule has 2 N–H and O–H groups in total. The first-order valence-electron chi connectivity index (χ1n) is 7.82. The molecule has 1 amide bonds. The molecule has 2 aromatic carbocycles. The number of halogens is 1. The molecule has 0 aliphatic heterocycles. The van der Waals surface area contributed by atoms with E-state index in [0.717, 1.165) is 16.0 Å². The molecule has 0 heterocycles. The molecule has 0 saturated carbocycles. The number of carbonyl (C=O) groups excluding carboxylic acids is 1. The van der Waals surface area contributed by atoms with Crippen molar-refractivity contribution < 1.29 is 19.1 Å². The maximum absolute atomic E-state index is 13.0. The molecule has 4 nitrogen and oxygen atoms in total. The van der Waals surface area contributed by atoms with Gasteiger partial charge < -0.3 is 10.4 Å². The number of amides is 1. The largest absolute Gasteiger partial charge is 0.481 e. The number of nitrogens with one attached hydrogen (secondary N) is 1. The van der Waals surface area contributed by atoms with Crippen LogP contribution in [0.3, 0.4) is 0 Å². The number of benzene rings is 2. The molecule has 0 bridgehead atoms. The fraction of sp³-hybridized carbons (Fsp3) is 0.263. The Morgan fingerprint density at radius 3 is 2.48 bits per heavy atom. The molecule has 2 rings (SSSR count). The minimum atomic E-state index is -1.06. The zero-order valence-corrected chi connectivity index (χ0v) is 14.9. The SMILES string of the molecule is Cc1ccc(C)c(SCC(=O)NCC(C(=O)O)c2ccc(F)cc2)c1. The summed E-state index contributed by atoms with van der Waals surface area (Å²) < 4.78 is 13.0. The predicted molar refractivity (Wildman–Crippen MR) is 96.4 cm³/mol. The number of rotatable bonds is 7. The summed E-state index contributed by atoms with van der Waals surface area (Å²) in [5.74, 6) is -2.43. The van der Waals surface area contributed by atoms with E-state index in [1.165, 1.54) is 36.0 Å². The van der Waals surface area contributed by atoms with Crippen molar-refractivity contribution in [3.05, 3.63) is 65.0 Å². The molecule has 0 aliphatic carbocycles. The van der Waals surface area contributed by atoms with Crippen molar-refractivity contribution >= 4 is 23.6 Å². The maximum atomic E-state index is 13.0. The molecular weight excluding hydrogens is 341 g/mol. The zero-order valence-electron chi connectivity index (χ0n) is 14.1. The van der Waals surface area contributed by atoms with Crippen LogP contribution in [-0.4, -0.2) is 29.3 Å². The Labute approximate surface area is 150 Å². The van der Waals surface area contributed by atoms with E-state index in [1.807, 2.05) is 32.0 Å².